The van der Waals surface area contributed by atoms with Crippen molar-refractivity contribution in [3.8, 4) is 63.4 Å². The fourth-order valence-electron chi connectivity index (χ4n) is 14.1. The zero-order valence-electron chi connectivity index (χ0n) is 55.3. The first-order chi connectivity index (χ1) is 48.0. The average molecular weight is 1370 g/mol. The van der Waals surface area contributed by atoms with Crippen LogP contribution in [0.15, 0.2) is 164 Å². The third-order valence-electron chi connectivity index (χ3n) is 19.1. The summed E-state index contributed by atoms with van der Waals surface area (Å²) >= 11 is 6.18. The van der Waals surface area contributed by atoms with Crippen LogP contribution in [0.25, 0.3) is 17.1 Å². The molecule has 0 N–H and O–H groups in total. The third-order valence-corrected chi connectivity index (χ3v) is 19.3. The molecule has 3 fully saturated rings. The van der Waals surface area contributed by atoms with E-state index in [1.807, 2.05) is 96.0 Å². The second kappa shape index (κ2) is 28.2. The molecule has 19 nitrogen and oxygen atoms in total. The molecule has 0 saturated carbocycles. The smallest absolute Gasteiger partial charge is 0.254 e. The van der Waals surface area contributed by atoms with Crippen molar-refractivity contribution in [3.05, 3.63) is 226 Å². The van der Waals surface area contributed by atoms with Crippen molar-refractivity contribution in [2.24, 2.45) is 0 Å². The predicted molar refractivity (Wildman–Crippen MR) is 363 cm³/mol. The van der Waals surface area contributed by atoms with Gasteiger partial charge in [0.15, 0.2) is 39.8 Å². The van der Waals surface area contributed by atoms with Gasteiger partial charge in [0.05, 0.1) is 73.2 Å². The molecule has 99 heavy (non-hydrogen) atoms. The minimum absolute atomic E-state index is 0. The molecule has 6 aliphatic rings. The van der Waals surface area contributed by atoms with Crippen LogP contribution in [-0.4, -0.2) is 140 Å². The second-order valence-electron chi connectivity index (χ2n) is 25.1. The zero-order valence-corrected chi connectivity index (χ0v) is 56.1. The number of fused-ring (bicyclic) bond motifs is 12. The number of halogens is 4. The van der Waals surface area contributed by atoms with Gasteiger partial charge in [0.2, 0.25) is 0 Å². The third kappa shape index (κ3) is 13.3. The molecule has 3 amide bonds. The van der Waals surface area contributed by atoms with Crippen molar-refractivity contribution in [1.29, 1.82) is 5.26 Å². The number of nitrogens with zero attached hydrogens (tertiary/aromatic N) is 7. The van der Waals surface area contributed by atoms with Gasteiger partial charge < -0.3 is 71.0 Å². The Bertz CT molecular complexity index is 4550. The molecule has 1 atom stereocenters. The van der Waals surface area contributed by atoms with Gasteiger partial charge in [-0.3, -0.25) is 14.4 Å². The number of aromatic nitrogens is 3. The summed E-state index contributed by atoms with van der Waals surface area (Å²) in [5, 5.41) is 9.65. The fourth-order valence-corrected chi connectivity index (χ4v) is 14.3. The van der Waals surface area contributed by atoms with Crippen LogP contribution in [0.4, 0.5) is 13.2 Å². The SMILES string of the molecule is COCCOc1ccc(C(=O)N2CCC3(CC2)Oc2cc(F)ccc2-n2cccc23)cc1OC.COC[C@@H](C)Oc1ccc(C(=O)N2CCC3(CC2)Oc2cc(F)ccc2-n2cccc23)cc1OC.N#Cc1cc(F)cc(C(=O)N2CCC3(CC2)Oc2cc(Cl)ccc2-n2cccc23)c1.[HH]. The van der Waals surface area contributed by atoms with E-state index in [-0.39, 0.29) is 48.0 Å². The monoisotopic (exact) mass is 1370 g/mol. The molecule has 0 bridgehead atoms. The van der Waals surface area contributed by atoms with Gasteiger partial charge in [0.1, 0.15) is 47.4 Å². The molecule has 3 saturated heterocycles. The predicted octanol–water partition coefficient (Wildman–Crippen LogP) is 13.6. The topological polar surface area (TPSA) is 183 Å². The molecule has 3 aromatic heterocycles. The number of nitriles is 1. The summed E-state index contributed by atoms with van der Waals surface area (Å²) in [5.74, 6) is 2.21. The van der Waals surface area contributed by atoms with Gasteiger partial charge in [-0.25, -0.2) is 13.2 Å². The van der Waals surface area contributed by atoms with E-state index in [4.69, 9.17) is 59.5 Å². The molecule has 9 aromatic rings. The van der Waals surface area contributed by atoms with Crippen molar-refractivity contribution in [2.75, 3.05) is 87.5 Å². The van der Waals surface area contributed by atoms with Gasteiger partial charge in [0, 0.05) is 152 Å². The van der Waals surface area contributed by atoms with Crippen LogP contribution in [0.3, 0.4) is 0 Å². The number of carbonyl (C=O) groups excluding carboxylic acids is 3. The number of methoxy groups -OCH3 is 4. The van der Waals surface area contributed by atoms with Gasteiger partial charge in [-0.1, -0.05) is 11.6 Å². The number of benzene rings is 6. The summed E-state index contributed by atoms with van der Waals surface area (Å²) in [5.41, 5.74) is 5.31. The standard InChI is InChI=1S/C27H29FN2O5.C26H27FN2O5.C23H17ClFN3O2.H2/c1-18(17-32-2)34-22-9-6-19(15-24(22)33-3)26(31)29-13-10-27(11-14-29)25-5-4-12-30(25)21-8-7-20(28)16-23(21)35-27;1-31-14-15-33-21-8-5-18(16-23(21)32-2)25(30)28-12-9-26(10-13-28)24-4-3-11-29(24)20-7-6-19(27)17-22(20)34-26;24-17-3-4-19-20(13-17)30-23(21-2-1-7-28(19)21)5-8-27(9-6-23)22(29)16-10-15(14-26)11-18(25)12-16;/h4-9,12,15-16,18H,10-11,13-14,17H2,1-3H3;3-8,11,16-17H,9-10,12-15H2,1-2H3;1-4,7,10-13H,5-6,8-9H2;1H/t18-;;;/m1.../s1. The van der Waals surface area contributed by atoms with Gasteiger partial charge in [-0.15, -0.1) is 0 Å². The van der Waals surface area contributed by atoms with Gasteiger partial charge in [0.25, 0.3) is 17.7 Å². The van der Waals surface area contributed by atoms with E-state index in [9.17, 15) is 27.6 Å². The van der Waals surface area contributed by atoms with Crippen LogP contribution in [0.1, 0.15) is 101 Å². The summed E-state index contributed by atoms with van der Waals surface area (Å²) in [7, 11) is 6.33. The Morgan fingerprint density at radius 1 is 0.505 bits per heavy atom. The molecular formula is C76H75ClF3N7O12. The van der Waals surface area contributed by atoms with Gasteiger partial charge in [-0.05, 0) is 134 Å². The lowest BCUT2D eigenvalue weighted by atomic mass is 9.86. The number of ether oxygens (including phenoxy) is 9. The summed E-state index contributed by atoms with van der Waals surface area (Å²) in [4.78, 5) is 44.8. The highest BCUT2D eigenvalue weighted by Crippen LogP contribution is 2.49. The van der Waals surface area contributed by atoms with Crippen molar-refractivity contribution in [3.63, 3.8) is 0 Å². The minimum atomic E-state index is -0.603. The first kappa shape index (κ1) is 67.2. The summed E-state index contributed by atoms with van der Waals surface area (Å²) in [6.07, 6.45) is 9.39. The largest absolute Gasteiger partial charge is 0.493 e. The van der Waals surface area contributed by atoms with Gasteiger partial charge >= 0.3 is 0 Å². The lowest BCUT2D eigenvalue weighted by Crippen LogP contribution is -2.50. The molecule has 3 spiro atoms. The number of hydrogen-bond acceptors (Lipinski definition) is 13. The average Bonchev–Trinajstić information content (AvgIpc) is 1.41. The number of rotatable bonds is 13. The Balaban J connectivity index is 0.000000142. The van der Waals surface area contributed by atoms with Crippen LogP contribution in [0, 0.1) is 28.8 Å². The molecule has 23 heteroatoms. The Labute approximate surface area is 577 Å². The van der Waals surface area contributed by atoms with E-state index in [1.54, 1.807) is 81.9 Å². The lowest BCUT2D eigenvalue weighted by molar-refractivity contribution is -0.00999. The van der Waals surface area contributed by atoms with E-state index in [1.165, 1.54) is 36.4 Å². The van der Waals surface area contributed by atoms with E-state index in [2.05, 4.69) is 13.7 Å². The van der Waals surface area contributed by atoms with E-state index >= 15 is 0 Å². The number of likely N-dealkylation sites (tertiary alicyclic amines) is 3. The Morgan fingerprint density at radius 3 is 1.38 bits per heavy atom. The van der Waals surface area contributed by atoms with E-state index in [0.717, 1.165) is 46.0 Å². The van der Waals surface area contributed by atoms with Crippen molar-refractivity contribution >= 4 is 29.3 Å². The zero-order chi connectivity index (χ0) is 69.2. The first-order valence-corrected chi connectivity index (χ1v) is 33.1. The van der Waals surface area contributed by atoms with Crippen LogP contribution in [-0.2, 0) is 26.3 Å². The maximum absolute atomic E-state index is 13.9. The molecule has 514 valence electrons. The van der Waals surface area contributed by atoms with Crippen molar-refractivity contribution in [2.45, 2.75) is 68.4 Å². The lowest BCUT2D eigenvalue weighted by Gasteiger charge is -2.45. The summed E-state index contributed by atoms with van der Waals surface area (Å²) in [6, 6.07) is 42.9. The van der Waals surface area contributed by atoms with E-state index in [0.29, 0.717) is 148 Å². The van der Waals surface area contributed by atoms with Crippen LogP contribution in [0.2, 0.25) is 5.02 Å². The Kier molecular flexibility index (Phi) is 19.2. The normalized spacial score (nSPS) is 16.3. The Morgan fingerprint density at radius 2 is 0.939 bits per heavy atom. The number of hydrogen-bond donors (Lipinski definition) is 0. The second-order valence-corrected chi connectivity index (χ2v) is 25.5. The fraction of sp³-hybridized carbons (Fsp3) is 0.316. The molecule has 0 radical (unpaired) electrons. The molecule has 6 aromatic carbocycles. The molecule has 9 heterocycles. The maximum atomic E-state index is 13.9. The minimum Gasteiger partial charge on any atom is -0.493 e. The summed E-state index contributed by atoms with van der Waals surface area (Å²) < 4.78 is 99.7. The number of carbonyl (C=O) groups is 3. The number of amides is 3. The molecule has 15 rings (SSSR count). The van der Waals surface area contributed by atoms with Crippen molar-refractivity contribution < 1.29 is 71.6 Å². The van der Waals surface area contributed by atoms with Crippen molar-refractivity contribution in [1.82, 2.24) is 28.4 Å². The molecule has 6 aliphatic heterocycles. The van der Waals surface area contributed by atoms with Crippen LogP contribution >= 0.6 is 11.6 Å². The number of piperidine rings is 3. The first-order valence-electron chi connectivity index (χ1n) is 32.7. The molecular weight excluding hydrogens is 1300 g/mol. The van der Waals surface area contributed by atoms with Crippen LogP contribution in [0.5, 0.6) is 40.2 Å². The highest BCUT2D eigenvalue weighted by atomic mass is 35.5. The Hall–Kier alpha value is -10.3. The van der Waals surface area contributed by atoms with Crippen LogP contribution < -0.4 is 33.2 Å². The maximum Gasteiger partial charge on any atom is 0.254 e. The quantitative estimate of drug-likeness (QED) is 0.0995. The highest BCUT2D eigenvalue weighted by Gasteiger charge is 2.48. The van der Waals surface area contributed by atoms with Gasteiger partial charge in [-0.2, -0.15) is 5.26 Å². The highest BCUT2D eigenvalue weighted by molar-refractivity contribution is 6.30. The summed E-state index contributed by atoms with van der Waals surface area (Å²) in [6.45, 7) is 6.18. The van der Waals surface area contributed by atoms with E-state index < -0.39 is 22.6 Å². The molecule has 0 unspecified atom stereocenters. The molecule has 0 aliphatic carbocycles.